The fraction of sp³-hybridized carbons (Fsp3) is 1.00. The summed E-state index contributed by atoms with van der Waals surface area (Å²) in [6, 6.07) is 0.466. The second-order valence-electron chi connectivity index (χ2n) is 4.60. The zero-order chi connectivity index (χ0) is 11.8. The molecule has 96 valence electrons. The number of rotatable bonds is 7. The summed E-state index contributed by atoms with van der Waals surface area (Å²) in [4.78, 5) is 0. The Morgan fingerprint density at radius 3 is 2.75 bits per heavy atom. The maximum atomic E-state index is 5.90. The first-order chi connectivity index (χ1) is 7.77. The molecule has 1 heterocycles. The van der Waals surface area contributed by atoms with Crippen molar-refractivity contribution in [1.29, 1.82) is 0 Å². The van der Waals surface area contributed by atoms with E-state index in [0.29, 0.717) is 12.1 Å². The van der Waals surface area contributed by atoms with Crippen LogP contribution in [0.4, 0.5) is 0 Å². The fourth-order valence-electron chi connectivity index (χ4n) is 2.22. The average molecular weight is 229 g/mol. The Morgan fingerprint density at radius 1 is 1.38 bits per heavy atom. The van der Waals surface area contributed by atoms with Gasteiger partial charge in [-0.05, 0) is 39.2 Å². The molecular weight excluding hydrogens is 202 g/mol. The van der Waals surface area contributed by atoms with E-state index < -0.39 is 0 Å². The van der Waals surface area contributed by atoms with E-state index in [1.165, 1.54) is 12.8 Å². The largest absolute Gasteiger partial charge is 0.376 e. The van der Waals surface area contributed by atoms with E-state index in [4.69, 9.17) is 9.47 Å². The minimum absolute atomic E-state index is 0.274. The molecule has 0 radical (unpaired) electrons. The van der Waals surface area contributed by atoms with Crippen LogP contribution >= 0.6 is 0 Å². The predicted octanol–water partition coefficient (Wildman–Crippen LogP) is 2.35. The van der Waals surface area contributed by atoms with Crippen LogP contribution in [-0.4, -0.2) is 38.0 Å². The lowest BCUT2D eigenvalue weighted by Crippen LogP contribution is -2.40. The third-order valence-corrected chi connectivity index (χ3v) is 3.29. The summed E-state index contributed by atoms with van der Waals surface area (Å²) in [6.07, 6.45) is 5.37. The van der Waals surface area contributed by atoms with Gasteiger partial charge in [0.25, 0.3) is 0 Å². The normalized spacial score (nSPS) is 25.3. The summed E-state index contributed by atoms with van der Waals surface area (Å²) in [5.41, 5.74) is 0. The van der Waals surface area contributed by atoms with Gasteiger partial charge in [-0.15, -0.1) is 0 Å². The smallest absolute Gasteiger partial charge is 0.0808 e. The lowest BCUT2D eigenvalue weighted by Gasteiger charge is -2.28. The van der Waals surface area contributed by atoms with Crippen LogP contribution in [0.1, 0.15) is 46.5 Å². The van der Waals surface area contributed by atoms with Crippen molar-refractivity contribution in [1.82, 2.24) is 5.32 Å². The monoisotopic (exact) mass is 229 g/mol. The molecule has 0 aromatic rings. The van der Waals surface area contributed by atoms with Crippen LogP contribution in [0.15, 0.2) is 0 Å². The third kappa shape index (κ3) is 4.81. The van der Waals surface area contributed by atoms with Gasteiger partial charge in [0.05, 0.1) is 18.8 Å². The molecule has 0 bridgehead atoms. The molecule has 1 rings (SSSR count). The number of likely N-dealkylation sites (N-methyl/N-ethyl adjacent to an activating group) is 1. The van der Waals surface area contributed by atoms with Crippen LogP contribution in [-0.2, 0) is 9.47 Å². The van der Waals surface area contributed by atoms with Crippen molar-refractivity contribution in [3.8, 4) is 0 Å². The molecule has 1 fully saturated rings. The number of ether oxygens (including phenoxy) is 2. The maximum Gasteiger partial charge on any atom is 0.0808 e. The van der Waals surface area contributed by atoms with Crippen LogP contribution < -0.4 is 5.32 Å². The zero-order valence-corrected chi connectivity index (χ0v) is 11.0. The summed E-state index contributed by atoms with van der Waals surface area (Å²) < 4.78 is 11.6. The van der Waals surface area contributed by atoms with Crippen LogP contribution in [0.25, 0.3) is 0 Å². The Labute approximate surface area is 99.9 Å². The van der Waals surface area contributed by atoms with Gasteiger partial charge in [-0.1, -0.05) is 13.8 Å². The van der Waals surface area contributed by atoms with E-state index >= 15 is 0 Å². The van der Waals surface area contributed by atoms with E-state index in [0.717, 1.165) is 32.6 Å². The Kier molecular flexibility index (Phi) is 7.01. The van der Waals surface area contributed by atoms with Crippen molar-refractivity contribution >= 4 is 0 Å². The second kappa shape index (κ2) is 8.04. The molecule has 0 saturated carbocycles. The molecule has 1 aliphatic heterocycles. The number of hydrogen-bond donors (Lipinski definition) is 1. The highest BCUT2D eigenvalue weighted by Gasteiger charge is 2.19. The van der Waals surface area contributed by atoms with Gasteiger partial charge in [0.2, 0.25) is 0 Å². The van der Waals surface area contributed by atoms with Gasteiger partial charge < -0.3 is 14.8 Å². The fourth-order valence-corrected chi connectivity index (χ4v) is 2.22. The van der Waals surface area contributed by atoms with Crippen LogP contribution in [0.2, 0.25) is 0 Å². The molecule has 0 aliphatic carbocycles. The average Bonchev–Trinajstić information content (AvgIpc) is 2.34. The minimum Gasteiger partial charge on any atom is -0.376 e. The van der Waals surface area contributed by atoms with Crippen LogP contribution in [0, 0.1) is 0 Å². The van der Waals surface area contributed by atoms with E-state index in [2.05, 4.69) is 26.1 Å². The molecule has 1 N–H and O–H groups in total. The van der Waals surface area contributed by atoms with E-state index in [1.807, 2.05) is 0 Å². The minimum atomic E-state index is 0.274. The molecule has 1 aliphatic rings. The van der Waals surface area contributed by atoms with Crippen molar-refractivity contribution in [3.63, 3.8) is 0 Å². The molecule has 16 heavy (non-hydrogen) atoms. The first kappa shape index (κ1) is 13.9. The first-order valence-electron chi connectivity index (χ1n) is 6.74. The highest BCUT2D eigenvalue weighted by atomic mass is 16.5. The molecule has 3 heteroatoms. The van der Waals surface area contributed by atoms with Crippen molar-refractivity contribution in [3.05, 3.63) is 0 Å². The highest BCUT2D eigenvalue weighted by Crippen LogP contribution is 2.14. The van der Waals surface area contributed by atoms with Crippen LogP contribution in [0.5, 0.6) is 0 Å². The van der Waals surface area contributed by atoms with Crippen LogP contribution in [0.3, 0.4) is 0 Å². The van der Waals surface area contributed by atoms with Crippen molar-refractivity contribution in [2.75, 3.05) is 19.8 Å². The standard InChI is InChI=1S/C13H27NO2/c1-4-13(14-5-2)11(3)16-10-12-8-6-7-9-15-12/h11-14H,4-10H2,1-3H3. The van der Waals surface area contributed by atoms with Crippen molar-refractivity contribution < 1.29 is 9.47 Å². The lowest BCUT2D eigenvalue weighted by molar-refractivity contribution is -0.0662. The maximum absolute atomic E-state index is 5.90. The Balaban J connectivity index is 2.18. The molecule has 3 unspecified atom stereocenters. The third-order valence-electron chi connectivity index (χ3n) is 3.29. The van der Waals surface area contributed by atoms with Gasteiger partial charge in [-0.3, -0.25) is 0 Å². The second-order valence-corrected chi connectivity index (χ2v) is 4.60. The summed E-state index contributed by atoms with van der Waals surface area (Å²) in [5, 5.41) is 3.45. The summed E-state index contributed by atoms with van der Waals surface area (Å²) in [7, 11) is 0. The molecule has 0 aromatic heterocycles. The Bertz CT molecular complexity index is 169. The van der Waals surface area contributed by atoms with E-state index in [9.17, 15) is 0 Å². The summed E-state index contributed by atoms with van der Waals surface area (Å²) in [5.74, 6) is 0. The summed E-state index contributed by atoms with van der Waals surface area (Å²) >= 11 is 0. The van der Waals surface area contributed by atoms with Gasteiger partial charge in [0.15, 0.2) is 0 Å². The number of nitrogens with one attached hydrogen (secondary N) is 1. The van der Waals surface area contributed by atoms with E-state index in [1.54, 1.807) is 0 Å². The van der Waals surface area contributed by atoms with Gasteiger partial charge >= 0.3 is 0 Å². The Hall–Kier alpha value is -0.120. The number of hydrogen-bond acceptors (Lipinski definition) is 3. The Morgan fingerprint density at radius 2 is 2.19 bits per heavy atom. The van der Waals surface area contributed by atoms with Gasteiger partial charge in [0, 0.05) is 12.6 Å². The predicted molar refractivity (Wildman–Crippen MR) is 66.8 cm³/mol. The van der Waals surface area contributed by atoms with Gasteiger partial charge in [0.1, 0.15) is 0 Å². The molecule has 3 atom stereocenters. The first-order valence-corrected chi connectivity index (χ1v) is 6.74. The molecule has 0 amide bonds. The molecule has 3 nitrogen and oxygen atoms in total. The molecule has 0 spiro atoms. The highest BCUT2D eigenvalue weighted by molar-refractivity contribution is 4.72. The van der Waals surface area contributed by atoms with Crippen molar-refractivity contribution in [2.45, 2.75) is 64.7 Å². The molecule has 0 aromatic carbocycles. The molecular formula is C13H27NO2. The quantitative estimate of drug-likeness (QED) is 0.727. The topological polar surface area (TPSA) is 30.5 Å². The van der Waals surface area contributed by atoms with E-state index in [-0.39, 0.29) is 6.10 Å². The van der Waals surface area contributed by atoms with Gasteiger partial charge in [-0.2, -0.15) is 0 Å². The molecule has 1 saturated heterocycles. The van der Waals surface area contributed by atoms with Crippen molar-refractivity contribution in [2.24, 2.45) is 0 Å². The SMILES string of the molecule is CCNC(CC)C(C)OCC1CCCCO1. The lowest BCUT2D eigenvalue weighted by atomic mass is 10.1. The van der Waals surface area contributed by atoms with Gasteiger partial charge in [-0.25, -0.2) is 0 Å². The summed E-state index contributed by atoms with van der Waals surface area (Å²) in [6.45, 7) is 9.16. The zero-order valence-electron chi connectivity index (χ0n) is 11.0.